The summed E-state index contributed by atoms with van der Waals surface area (Å²) in [4.78, 5) is 30.5. The van der Waals surface area contributed by atoms with Crippen LogP contribution in [-0.2, 0) is 7.05 Å². The topological polar surface area (TPSA) is 73.2 Å². The molecule has 3 aromatic rings. The predicted molar refractivity (Wildman–Crippen MR) is 107 cm³/mol. The number of aromatic nitrogens is 2. The summed E-state index contributed by atoms with van der Waals surface area (Å²) in [7, 11) is 1.65. The number of carbonyl (C=O) groups is 1. The van der Waals surface area contributed by atoms with Crippen LogP contribution in [0.2, 0.25) is 0 Å². The van der Waals surface area contributed by atoms with E-state index in [4.69, 9.17) is 4.74 Å². The lowest BCUT2D eigenvalue weighted by Gasteiger charge is -2.14. The molecule has 140 valence electrons. The van der Waals surface area contributed by atoms with Gasteiger partial charge in [0.1, 0.15) is 10.6 Å². The van der Waals surface area contributed by atoms with Gasteiger partial charge in [-0.05, 0) is 50.3 Å². The van der Waals surface area contributed by atoms with Crippen molar-refractivity contribution in [3.8, 4) is 5.75 Å². The Kier molecular flexibility index (Phi) is 4.70. The third kappa shape index (κ3) is 3.47. The Hall–Kier alpha value is -2.67. The van der Waals surface area contributed by atoms with Gasteiger partial charge in [-0.2, -0.15) is 0 Å². The summed E-state index contributed by atoms with van der Waals surface area (Å²) in [6.07, 6.45) is 6.33. The second kappa shape index (κ2) is 7.15. The molecule has 0 radical (unpaired) electrons. The molecule has 6 nitrogen and oxygen atoms in total. The van der Waals surface area contributed by atoms with Gasteiger partial charge in [-0.1, -0.05) is 6.07 Å². The number of nitrogens with zero attached hydrogens (tertiary/aromatic N) is 2. The highest BCUT2D eigenvalue weighted by Crippen LogP contribution is 2.29. The molecule has 1 fully saturated rings. The van der Waals surface area contributed by atoms with Gasteiger partial charge in [0.15, 0.2) is 0 Å². The normalized spacial score (nSPS) is 14.6. The Morgan fingerprint density at radius 1 is 1.33 bits per heavy atom. The summed E-state index contributed by atoms with van der Waals surface area (Å²) in [5, 5.41) is 3.42. The number of nitrogens with one attached hydrogen (secondary N) is 1. The zero-order valence-corrected chi connectivity index (χ0v) is 16.1. The fraction of sp³-hybridized carbons (Fsp3) is 0.350. The number of hydrogen-bond donors (Lipinski definition) is 1. The van der Waals surface area contributed by atoms with Crippen LogP contribution >= 0.6 is 11.3 Å². The number of aryl methyl sites for hydroxylation is 2. The van der Waals surface area contributed by atoms with E-state index in [0.717, 1.165) is 18.6 Å². The molecule has 0 aliphatic heterocycles. The smallest absolute Gasteiger partial charge is 0.266 e. The summed E-state index contributed by atoms with van der Waals surface area (Å²) in [6, 6.07) is 7.46. The second-order valence-electron chi connectivity index (χ2n) is 6.90. The van der Waals surface area contributed by atoms with Crippen LogP contribution in [0.5, 0.6) is 5.75 Å². The van der Waals surface area contributed by atoms with Crippen LogP contribution in [0, 0.1) is 6.92 Å². The molecule has 27 heavy (non-hydrogen) atoms. The summed E-state index contributed by atoms with van der Waals surface area (Å²) in [5.74, 6) is 0.527. The lowest BCUT2D eigenvalue weighted by atomic mass is 10.2. The standard InChI is InChI=1S/C20H21N3O3S/c1-12-16-19(21-11-23(2)20(16)25)27-17(12)18(24)22-13-6-5-9-15(10-13)26-14-7-3-4-8-14/h5-6,9-11,14H,3-4,7-8H2,1-2H3,(H,22,24). The molecule has 7 heteroatoms. The molecule has 1 N–H and O–H groups in total. The SMILES string of the molecule is Cc1c(C(=O)Nc2cccc(OC3CCCC3)c2)sc2ncn(C)c(=O)c12. The van der Waals surface area contributed by atoms with E-state index in [1.165, 1.54) is 35.1 Å². The molecule has 0 saturated heterocycles. The minimum atomic E-state index is -0.240. The van der Waals surface area contributed by atoms with Crippen LogP contribution in [0.3, 0.4) is 0 Å². The Morgan fingerprint density at radius 2 is 2.11 bits per heavy atom. The largest absolute Gasteiger partial charge is 0.490 e. The van der Waals surface area contributed by atoms with Crippen molar-refractivity contribution < 1.29 is 9.53 Å². The van der Waals surface area contributed by atoms with Crippen LogP contribution in [0.25, 0.3) is 10.2 Å². The molecule has 1 aliphatic carbocycles. The van der Waals surface area contributed by atoms with Crippen molar-refractivity contribution >= 4 is 33.1 Å². The van der Waals surface area contributed by atoms with E-state index < -0.39 is 0 Å². The zero-order chi connectivity index (χ0) is 19.0. The first-order valence-corrected chi connectivity index (χ1v) is 9.87. The van der Waals surface area contributed by atoms with E-state index in [0.29, 0.717) is 26.3 Å². The van der Waals surface area contributed by atoms with Gasteiger partial charge in [0.05, 0.1) is 22.7 Å². The molecule has 0 atom stereocenters. The molecule has 2 aromatic heterocycles. The summed E-state index contributed by atoms with van der Waals surface area (Å²) in [5.41, 5.74) is 1.20. The van der Waals surface area contributed by atoms with Crippen molar-refractivity contribution in [2.75, 3.05) is 5.32 Å². The molecule has 2 heterocycles. The third-order valence-corrected chi connectivity index (χ3v) is 6.11. The number of ether oxygens (including phenoxy) is 1. The van der Waals surface area contributed by atoms with Gasteiger partial charge < -0.3 is 14.6 Å². The van der Waals surface area contributed by atoms with Gasteiger partial charge >= 0.3 is 0 Å². The van der Waals surface area contributed by atoms with E-state index in [1.807, 2.05) is 24.3 Å². The fourth-order valence-corrected chi connectivity index (χ4v) is 4.49. The molecule has 1 amide bonds. The Labute approximate surface area is 160 Å². The van der Waals surface area contributed by atoms with Gasteiger partial charge in [0, 0.05) is 18.8 Å². The van der Waals surface area contributed by atoms with Gasteiger partial charge in [0.2, 0.25) is 0 Å². The van der Waals surface area contributed by atoms with Crippen molar-refractivity contribution in [3.05, 3.63) is 51.4 Å². The monoisotopic (exact) mass is 383 g/mol. The number of hydrogen-bond acceptors (Lipinski definition) is 5. The third-order valence-electron chi connectivity index (χ3n) is 4.91. The van der Waals surface area contributed by atoms with Gasteiger partial charge in [-0.25, -0.2) is 4.98 Å². The molecule has 0 spiro atoms. The first kappa shape index (κ1) is 17.7. The van der Waals surface area contributed by atoms with Crippen LogP contribution in [-0.4, -0.2) is 21.6 Å². The van der Waals surface area contributed by atoms with E-state index in [2.05, 4.69) is 10.3 Å². The molecule has 0 bridgehead atoms. The van der Waals surface area contributed by atoms with Crippen LogP contribution in [0.1, 0.15) is 40.9 Å². The van der Waals surface area contributed by atoms with Crippen LogP contribution in [0.4, 0.5) is 5.69 Å². The number of benzene rings is 1. The van der Waals surface area contributed by atoms with E-state index in [-0.39, 0.29) is 17.6 Å². The highest BCUT2D eigenvalue weighted by atomic mass is 32.1. The average molecular weight is 383 g/mol. The second-order valence-corrected chi connectivity index (χ2v) is 7.90. The molecular weight excluding hydrogens is 362 g/mol. The number of thiophene rings is 1. The first-order valence-electron chi connectivity index (χ1n) is 9.06. The number of fused-ring (bicyclic) bond motifs is 1. The summed E-state index contributed by atoms with van der Waals surface area (Å²) < 4.78 is 7.43. The Balaban J connectivity index is 1.57. The number of rotatable bonds is 4. The lowest BCUT2D eigenvalue weighted by molar-refractivity contribution is 0.103. The van der Waals surface area contributed by atoms with Crippen molar-refractivity contribution in [2.45, 2.75) is 38.7 Å². The number of amides is 1. The first-order chi connectivity index (χ1) is 13.0. The lowest BCUT2D eigenvalue weighted by Crippen LogP contribution is -2.17. The van der Waals surface area contributed by atoms with E-state index >= 15 is 0 Å². The summed E-state index contributed by atoms with van der Waals surface area (Å²) in [6.45, 7) is 1.79. The Morgan fingerprint density at radius 3 is 2.89 bits per heavy atom. The zero-order valence-electron chi connectivity index (χ0n) is 15.3. The van der Waals surface area contributed by atoms with Crippen LogP contribution in [0.15, 0.2) is 35.4 Å². The maximum Gasteiger partial charge on any atom is 0.266 e. The van der Waals surface area contributed by atoms with Gasteiger partial charge in [0.25, 0.3) is 11.5 Å². The van der Waals surface area contributed by atoms with E-state index in [1.54, 1.807) is 14.0 Å². The Bertz CT molecular complexity index is 1060. The van der Waals surface area contributed by atoms with Crippen molar-refractivity contribution in [3.63, 3.8) is 0 Å². The minimum Gasteiger partial charge on any atom is -0.490 e. The van der Waals surface area contributed by atoms with E-state index in [9.17, 15) is 9.59 Å². The fourth-order valence-electron chi connectivity index (χ4n) is 3.46. The predicted octanol–water partition coefficient (Wildman–Crippen LogP) is 3.88. The maximum atomic E-state index is 12.8. The minimum absolute atomic E-state index is 0.139. The van der Waals surface area contributed by atoms with Gasteiger partial charge in [-0.3, -0.25) is 9.59 Å². The molecule has 1 saturated carbocycles. The highest BCUT2D eigenvalue weighted by Gasteiger charge is 2.20. The average Bonchev–Trinajstić information content (AvgIpc) is 3.26. The molecule has 1 aliphatic rings. The van der Waals surface area contributed by atoms with Crippen molar-refractivity contribution in [2.24, 2.45) is 7.05 Å². The molecule has 4 rings (SSSR count). The van der Waals surface area contributed by atoms with Crippen molar-refractivity contribution in [1.29, 1.82) is 0 Å². The molecular formula is C20H21N3O3S. The highest BCUT2D eigenvalue weighted by molar-refractivity contribution is 7.20. The van der Waals surface area contributed by atoms with Crippen molar-refractivity contribution in [1.82, 2.24) is 9.55 Å². The van der Waals surface area contributed by atoms with Gasteiger partial charge in [-0.15, -0.1) is 11.3 Å². The summed E-state index contributed by atoms with van der Waals surface area (Å²) >= 11 is 1.24. The number of carbonyl (C=O) groups excluding carboxylic acids is 1. The maximum absolute atomic E-state index is 12.8. The quantitative estimate of drug-likeness (QED) is 0.742. The molecule has 0 unspecified atom stereocenters. The number of anilines is 1. The molecule has 1 aromatic carbocycles. The van der Waals surface area contributed by atoms with Crippen LogP contribution < -0.4 is 15.6 Å².